The molecule has 0 aromatic heterocycles. The van der Waals surface area contributed by atoms with E-state index in [1.54, 1.807) is 36.8 Å². The van der Waals surface area contributed by atoms with Crippen molar-refractivity contribution >= 4 is 9.84 Å². The van der Waals surface area contributed by atoms with Crippen molar-refractivity contribution in [2.24, 2.45) is 40.9 Å². The molecule has 0 aliphatic heterocycles. The summed E-state index contributed by atoms with van der Waals surface area (Å²) in [4.78, 5) is 0.376. The maximum absolute atomic E-state index is 13.6. The minimum Gasteiger partial charge on any atom is -0.393 e. The van der Waals surface area contributed by atoms with Crippen LogP contribution in [0, 0.1) is 40.9 Å². The number of sulfone groups is 1. The predicted octanol–water partition coefficient (Wildman–Crippen LogP) is 6.96. The van der Waals surface area contributed by atoms with E-state index in [0.717, 1.165) is 43.9 Å². The molecule has 4 aliphatic rings. The summed E-state index contributed by atoms with van der Waals surface area (Å²) < 4.78 is 27.3. The zero-order chi connectivity index (χ0) is 27.3. The van der Waals surface area contributed by atoms with Gasteiger partial charge in [0.05, 0.1) is 21.9 Å². The van der Waals surface area contributed by atoms with Crippen molar-refractivity contribution in [2.45, 2.75) is 120 Å². The Morgan fingerprint density at radius 2 is 1.74 bits per heavy atom. The number of rotatable bonds is 8. The molecule has 5 heteroatoms. The van der Waals surface area contributed by atoms with Crippen molar-refractivity contribution in [2.75, 3.05) is 0 Å². The molecule has 1 unspecified atom stereocenters. The van der Waals surface area contributed by atoms with Gasteiger partial charge in [0, 0.05) is 0 Å². The molecule has 3 fully saturated rings. The van der Waals surface area contributed by atoms with Crippen molar-refractivity contribution < 1.29 is 18.6 Å². The van der Waals surface area contributed by atoms with Gasteiger partial charge in [-0.05, 0) is 131 Å². The van der Waals surface area contributed by atoms with Crippen LogP contribution >= 0.6 is 0 Å². The van der Waals surface area contributed by atoms with Crippen LogP contribution in [0.25, 0.3) is 0 Å². The molecule has 4 nitrogen and oxygen atoms in total. The molecule has 10 atom stereocenters. The van der Waals surface area contributed by atoms with E-state index >= 15 is 0 Å². The molecule has 0 spiro atoms. The number of allylic oxidation sites excluding steroid dienone is 1. The first-order valence-electron chi connectivity index (χ1n) is 15.4. The Labute approximate surface area is 231 Å². The lowest BCUT2D eigenvalue weighted by molar-refractivity contribution is -0.0460. The Morgan fingerprint density at radius 1 is 1.00 bits per heavy atom. The van der Waals surface area contributed by atoms with Crippen molar-refractivity contribution in [3.8, 4) is 0 Å². The smallest absolute Gasteiger partial charge is 0.181 e. The quantitative estimate of drug-likeness (QED) is 0.348. The van der Waals surface area contributed by atoms with Gasteiger partial charge in [0.15, 0.2) is 9.84 Å². The molecule has 0 amide bonds. The molecule has 5 rings (SSSR count). The normalized spacial score (nSPS) is 39.3. The van der Waals surface area contributed by atoms with Crippen LogP contribution < -0.4 is 0 Å². The van der Waals surface area contributed by atoms with Gasteiger partial charge in [-0.25, -0.2) is 8.42 Å². The molecular formula is C33H50O4S. The lowest BCUT2D eigenvalue weighted by Gasteiger charge is -2.55. The van der Waals surface area contributed by atoms with Gasteiger partial charge in [0.1, 0.15) is 0 Å². The Balaban J connectivity index is 1.33. The summed E-state index contributed by atoms with van der Waals surface area (Å²) in [6.07, 6.45) is 12.7. The SMILES string of the molecule is CC[C@]1(O)CC[C@H]2C(=CC[C@@H]3[C@@H]2CC[C@]2(C)[C@@H]([C@H](C)CC(C[C@H](C)O)S(=O)(=O)c4ccccc4)CC[C@@H]32)C1. The van der Waals surface area contributed by atoms with Crippen LogP contribution in [0.1, 0.15) is 98.3 Å². The Bertz CT molecular complexity index is 1110. The summed E-state index contributed by atoms with van der Waals surface area (Å²) in [7, 11) is -3.50. The van der Waals surface area contributed by atoms with Crippen molar-refractivity contribution in [1.82, 2.24) is 0 Å². The number of hydrogen-bond donors (Lipinski definition) is 2. The van der Waals surface area contributed by atoms with Crippen molar-refractivity contribution in [1.29, 1.82) is 0 Å². The summed E-state index contributed by atoms with van der Waals surface area (Å²) >= 11 is 0. The van der Waals surface area contributed by atoms with Crippen LogP contribution in [0.15, 0.2) is 46.9 Å². The fraction of sp³-hybridized carbons (Fsp3) is 0.758. The minimum atomic E-state index is -3.50. The lowest BCUT2D eigenvalue weighted by Crippen LogP contribution is -2.48. The maximum Gasteiger partial charge on any atom is 0.181 e. The van der Waals surface area contributed by atoms with Gasteiger partial charge in [-0.2, -0.15) is 0 Å². The zero-order valence-corrected chi connectivity index (χ0v) is 24.8. The van der Waals surface area contributed by atoms with Crippen LogP contribution in [0.2, 0.25) is 0 Å². The van der Waals surface area contributed by atoms with E-state index in [1.165, 1.54) is 25.7 Å². The van der Waals surface area contributed by atoms with Crippen molar-refractivity contribution in [3.63, 3.8) is 0 Å². The van der Waals surface area contributed by atoms with Crippen LogP contribution in [0.4, 0.5) is 0 Å². The third-order valence-corrected chi connectivity index (χ3v) is 14.0. The second-order valence-corrected chi connectivity index (χ2v) is 16.1. The van der Waals surface area contributed by atoms with Gasteiger partial charge in [-0.3, -0.25) is 0 Å². The molecule has 2 N–H and O–H groups in total. The molecular weight excluding hydrogens is 492 g/mol. The van der Waals surface area contributed by atoms with Crippen LogP contribution in [-0.2, 0) is 9.84 Å². The number of hydrogen-bond acceptors (Lipinski definition) is 4. The second-order valence-electron chi connectivity index (χ2n) is 13.9. The Hall–Kier alpha value is -1.17. The Kier molecular flexibility index (Phi) is 7.96. The van der Waals surface area contributed by atoms with E-state index in [0.29, 0.717) is 41.4 Å². The topological polar surface area (TPSA) is 74.6 Å². The largest absolute Gasteiger partial charge is 0.393 e. The highest BCUT2D eigenvalue weighted by Gasteiger charge is 2.57. The summed E-state index contributed by atoms with van der Waals surface area (Å²) in [5.41, 5.74) is 1.31. The molecule has 38 heavy (non-hydrogen) atoms. The number of fused-ring (bicyclic) bond motifs is 5. The molecule has 1 aromatic rings. The molecule has 4 aliphatic carbocycles. The van der Waals surface area contributed by atoms with Gasteiger partial charge >= 0.3 is 0 Å². The highest BCUT2D eigenvalue weighted by Crippen LogP contribution is 2.65. The first kappa shape index (κ1) is 28.4. The summed E-state index contributed by atoms with van der Waals surface area (Å²) in [5, 5.41) is 20.6. The zero-order valence-electron chi connectivity index (χ0n) is 24.0. The highest BCUT2D eigenvalue weighted by atomic mass is 32.2. The first-order chi connectivity index (χ1) is 18.0. The first-order valence-corrected chi connectivity index (χ1v) is 16.9. The van der Waals surface area contributed by atoms with E-state index in [2.05, 4.69) is 26.8 Å². The van der Waals surface area contributed by atoms with E-state index in [1.807, 2.05) is 6.07 Å². The third-order valence-electron chi connectivity index (χ3n) is 11.8. The summed E-state index contributed by atoms with van der Waals surface area (Å²) in [6, 6.07) is 8.81. The van der Waals surface area contributed by atoms with Gasteiger partial charge in [-0.15, -0.1) is 0 Å². The van der Waals surface area contributed by atoms with Gasteiger partial charge in [0.25, 0.3) is 0 Å². The number of benzene rings is 1. The van der Waals surface area contributed by atoms with Crippen LogP contribution in [0.5, 0.6) is 0 Å². The molecule has 212 valence electrons. The summed E-state index contributed by atoms with van der Waals surface area (Å²) in [6.45, 7) is 8.64. The minimum absolute atomic E-state index is 0.261. The van der Waals surface area contributed by atoms with Crippen LogP contribution in [-0.4, -0.2) is 35.6 Å². The number of aliphatic hydroxyl groups is 2. The molecule has 3 saturated carbocycles. The average Bonchev–Trinajstić information content (AvgIpc) is 3.25. The Morgan fingerprint density at radius 3 is 2.42 bits per heavy atom. The van der Waals surface area contributed by atoms with E-state index in [9.17, 15) is 18.6 Å². The maximum atomic E-state index is 13.6. The second kappa shape index (κ2) is 10.7. The van der Waals surface area contributed by atoms with E-state index < -0.39 is 26.8 Å². The van der Waals surface area contributed by atoms with Gasteiger partial charge in [0.2, 0.25) is 0 Å². The highest BCUT2D eigenvalue weighted by molar-refractivity contribution is 7.92. The number of aliphatic hydroxyl groups excluding tert-OH is 1. The molecule has 1 aromatic carbocycles. The fourth-order valence-corrected chi connectivity index (χ4v) is 11.8. The van der Waals surface area contributed by atoms with E-state index in [-0.39, 0.29) is 5.41 Å². The molecule has 0 radical (unpaired) electrons. The monoisotopic (exact) mass is 542 g/mol. The fourth-order valence-electron chi connectivity index (χ4n) is 9.75. The predicted molar refractivity (Wildman–Crippen MR) is 153 cm³/mol. The molecule has 0 bridgehead atoms. The molecule has 0 heterocycles. The van der Waals surface area contributed by atoms with E-state index in [4.69, 9.17) is 0 Å². The standard InChI is InChI=1S/C33H50O4S/c1-5-33(35)18-16-27-24(21-33)11-12-29-28(27)15-17-32(4)30(13-14-31(29)32)22(2)19-26(20-23(3)34)38(36,37)25-9-7-6-8-10-25/h6-11,22-23,26-31,34-35H,5,12-21H2,1-4H3/t22-,23+,26?,27+,28-,29-,30-,31+,32-,33+/m1/s1. The summed E-state index contributed by atoms with van der Waals surface area (Å²) in [5.74, 6) is 3.68. The lowest BCUT2D eigenvalue weighted by atomic mass is 9.50. The van der Waals surface area contributed by atoms with Crippen LogP contribution in [0.3, 0.4) is 0 Å². The third kappa shape index (κ3) is 5.05. The molecule has 0 saturated heterocycles. The van der Waals surface area contributed by atoms with Gasteiger partial charge < -0.3 is 10.2 Å². The average molecular weight is 543 g/mol. The van der Waals surface area contributed by atoms with Crippen molar-refractivity contribution in [3.05, 3.63) is 42.0 Å². The van der Waals surface area contributed by atoms with Gasteiger partial charge in [-0.1, -0.05) is 50.6 Å².